The second kappa shape index (κ2) is 6.89. The van der Waals surface area contributed by atoms with Crippen molar-refractivity contribution in [2.75, 3.05) is 19.6 Å². The molecule has 1 amide bonds. The topological polar surface area (TPSA) is 41.1 Å². The fourth-order valence-electron chi connectivity index (χ4n) is 2.03. The van der Waals surface area contributed by atoms with E-state index in [1.165, 1.54) is 12.8 Å². The van der Waals surface area contributed by atoms with Gasteiger partial charge in [-0.3, -0.25) is 4.79 Å². The van der Waals surface area contributed by atoms with Gasteiger partial charge in [-0.15, -0.1) is 0 Å². The number of nitrogens with one attached hydrogen (secondary N) is 2. The molecule has 3 nitrogen and oxygen atoms in total. The molecule has 1 aliphatic rings. The SMILES string of the molecule is CC(C)C(C)C(=O)NCCC1CCNCC1. The molecule has 0 saturated carbocycles. The molecular formula is C13H26N2O. The van der Waals surface area contributed by atoms with Crippen molar-refractivity contribution in [3.05, 3.63) is 0 Å². The van der Waals surface area contributed by atoms with Crippen LogP contribution in [0.4, 0.5) is 0 Å². The third-order valence-electron chi connectivity index (χ3n) is 3.72. The molecule has 1 rings (SSSR count). The van der Waals surface area contributed by atoms with Gasteiger partial charge >= 0.3 is 0 Å². The first-order valence-electron chi connectivity index (χ1n) is 6.59. The zero-order chi connectivity index (χ0) is 12.0. The Bertz CT molecular complexity index is 210. The Labute approximate surface area is 99.4 Å². The summed E-state index contributed by atoms with van der Waals surface area (Å²) in [5.74, 6) is 1.58. The van der Waals surface area contributed by atoms with Crippen LogP contribution in [0.5, 0.6) is 0 Å². The van der Waals surface area contributed by atoms with Crippen LogP contribution in [0.15, 0.2) is 0 Å². The first-order chi connectivity index (χ1) is 7.61. The van der Waals surface area contributed by atoms with E-state index < -0.39 is 0 Å². The predicted molar refractivity (Wildman–Crippen MR) is 67.2 cm³/mol. The van der Waals surface area contributed by atoms with Gasteiger partial charge < -0.3 is 10.6 Å². The van der Waals surface area contributed by atoms with Gasteiger partial charge in [-0.2, -0.15) is 0 Å². The van der Waals surface area contributed by atoms with Crippen molar-refractivity contribution >= 4 is 5.91 Å². The van der Waals surface area contributed by atoms with Crippen molar-refractivity contribution < 1.29 is 4.79 Å². The quantitative estimate of drug-likeness (QED) is 0.750. The summed E-state index contributed by atoms with van der Waals surface area (Å²) >= 11 is 0. The molecule has 0 aromatic rings. The van der Waals surface area contributed by atoms with Crippen molar-refractivity contribution in [3.63, 3.8) is 0 Å². The summed E-state index contributed by atoms with van der Waals surface area (Å²) in [6, 6.07) is 0. The van der Waals surface area contributed by atoms with Crippen molar-refractivity contribution in [2.45, 2.75) is 40.0 Å². The molecule has 94 valence electrons. The molecule has 1 aliphatic heterocycles. The lowest BCUT2D eigenvalue weighted by Crippen LogP contribution is -2.34. The van der Waals surface area contributed by atoms with E-state index in [0.717, 1.165) is 32.0 Å². The minimum absolute atomic E-state index is 0.132. The molecule has 0 spiro atoms. The van der Waals surface area contributed by atoms with Crippen LogP contribution in [-0.2, 0) is 4.79 Å². The van der Waals surface area contributed by atoms with E-state index in [1.807, 2.05) is 6.92 Å². The number of carbonyl (C=O) groups is 1. The summed E-state index contributed by atoms with van der Waals surface area (Å²) in [5.41, 5.74) is 0. The third-order valence-corrected chi connectivity index (χ3v) is 3.72. The second-order valence-corrected chi connectivity index (χ2v) is 5.31. The van der Waals surface area contributed by atoms with Crippen LogP contribution in [-0.4, -0.2) is 25.5 Å². The van der Waals surface area contributed by atoms with Crippen LogP contribution >= 0.6 is 0 Å². The molecule has 1 saturated heterocycles. The summed E-state index contributed by atoms with van der Waals surface area (Å²) in [6.45, 7) is 9.32. The molecule has 0 aliphatic carbocycles. The molecule has 3 heteroatoms. The number of carbonyl (C=O) groups excluding carboxylic acids is 1. The van der Waals surface area contributed by atoms with E-state index in [0.29, 0.717) is 5.92 Å². The highest BCUT2D eigenvalue weighted by molar-refractivity contribution is 5.78. The van der Waals surface area contributed by atoms with E-state index in [9.17, 15) is 4.79 Å². The van der Waals surface area contributed by atoms with Crippen molar-refractivity contribution in [1.82, 2.24) is 10.6 Å². The van der Waals surface area contributed by atoms with Crippen molar-refractivity contribution in [1.29, 1.82) is 0 Å². The highest BCUT2D eigenvalue weighted by atomic mass is 16.1. The number of hydrogen-bond donors (Lipinski definition) is 2. The van der Waals surface area contributed by atoms with E-state index in [1.54, 1.807) is 0 Å². The molecule has 0 aromatic carbocycles. The minimum Gasteiger partial charge on any atom is -0.356 e. The summed E-state index contributed by atoms with van der Waals surface area (Å²) in [5, 5.41) is 6.41. The molecular weight excluding hydrogens is 200 g/mol. The molecule has 0 radical (unpaired) electrons. The zero-order valence-corrected chi connectivity index (χ0v) is 10.9. The molecule has 2 N–H and O–H groups in total. The molecule has 1 unspecified atom stereocenters. The minimum atomic E-state index is 0.132. The highest BCUT2D eigenvalue weighted by Crippen LogP contribution is 2.15. The van der Waals surface area contributed by atoms with Gasteiger partial charge in [0.25, 0.3) is 0 Å². The molecule has 0 aromatic heterocycles. The van der Waals surface area contributed by atoms with Gasteiger partial charge in [0.05, 0.1) is 0 Å². The molecule has 0 bridgehead atoms. The molecule has 1 atom stereocenters. The monoisotopic (exact) mass is 226 g/mol. The predicted octanol–water partition coefficient (Wildman–Crippen LogP) is 1.78. The summed E-state index contributed by atoms with van der Waals surface area (Å²) in [4.78, 5) is 11.7. The summed E-state index contributed by atoms with van der Waals surface area (Å²) in [7, 11) is 0. The third kappa shape index (κ3) is 4.52. The largest absolute Gasteiger partial charge is 0.356 e. The van der Waals surface area contributed by atoms with Crippen LogP contribution in [0, 0.1) is 17.8 Å². The Morgan fingerprint density at radius 1 is 1.31 bits per heavy atom. The number of rotatable bonds is 5. The Morgan fingerprint density at radius 3 is 2.50 bits per heavy atom. The number of hydrogen-bond acceptors (Lipinski definition) is 2. The average Bonchev–Trinajstić information content (AvgIpc) is 2.29. The average molecular weight is 226 g/mol. The standard InChI is InChI=1S/C13H26N2O/c1-10(2)11(3)13(16)15-9-6-12-4-7-14-8-5-12/h10-12,14H,4-9H2,1-3H3,(H,15,16). The van der Waals surface area contributed by atoms with Gasteiger partial charge in [-0.05, 0) is 44.2 Å². The van der Waals surface area contributed by atoms with E-state index in [2.05, 4.69) is 24.5 Å². The Balaban J connectivity index is 2.12. The van der Waals surface area contributed by atoms with Crippen molar-refractivity contribution in [2.24, 2.45) is 17.8 Å². The lowest BCUT2D eigenvalue weighted by Gasteiger charge is -2.23. The fourth-order valence-corrected chi connectivity index (χ4v) is 2.03. The van der Waals surface area contributed by atoms with Crippen LogP contribution in [0.3, 0.4) is 0 Å². The lowest BCUT2D eigenvalue weighted by molar-refractivity contribution is -0.125. The maximum Gasteiger partial charge on any atom is 0.223 e. The first-order valence-corrected chi connectivity index (χ1v) is 6.59. The van der Waals surface area contributed by atoms with Gasteiger partial charge in [0.15, 0.2) is 0 Å². The number of piperidine rings is 1. The van der Waals surface area contributed by atoms with E-state index in [-0.39, 0.29) is 11.8 Å². The first kappa shape index (κ1) is 13.5. The maximum absolute atomic E-state index is 11.7. The van der Waals surface area contributed by atoms with Crippen LogP contribution in [0.25, 0.3) is 0 Å². The van der Waals surface area contributed by atoms with Crippen LogP contribution in [0.2, 0.25) is 0 Å². The zero-order valence-electron chi connectivity index (χ0n) is 10.9. The Morgan fingerprint density at radius 2 is 1.94 bits per heavy atom. The smallest absolute Gasteiger partial charge is 0.223 e. The summed E-state index contributed by atoms with van der Waals surface area (Å²) < 4.78 is 0. The fraction of sp³-hybridized carbons (Fsp3) is 0.923. The van der Waals surface area contributed by atoms with Crippen LogP contribution < -0.4 is 10.6 Å². The van der Waals surface area contributed by atoms with Gasteiger partial charge in [-0.1, -0.05) is 20.8 Å². The van der Waals surface area contributed by atoms with Gasteiger partial charge in [0.1, 0.15) is 0 Å². The van der Waals surface area contributed by atoms with Gasteiger partial charge in [-0.25, -0.2) is 0 Å². The van der Waals surface area contributed by atoms with Crippen molar-refractivity contribution in [3.8, 4) is 0 Å². The second-order valence-electron chi connectivity index (χ2n) is 5.31. The molecule has 16 heavy (non-hydrogen) atoms. The van der Waals surface area contributed by atoms with Gasteiger partial charge in [0, 0.05) is 12.5 Å². The Kier molecular flexibility index (Phi) is 5.81. The number of amides is 1. The highest BCUT2D eigenvalue weighted by Gasteiger charge is 2.17. The Hall–Kier alpha value is -0.570. The lowest BCUT2D eigenvalue weighted by atomic mass is 9.94. The maximum atomic E-state index is 11.7. The van der Waals surface area contributed by atoms with E-state index >= 15 is 0 Å². The van der Waals surface area contributed by atoms with Crippen LogP contribution in [0.1, 0.15) is 40.0 Å². The molecule has 1 fully saturated rings. The normalized spacial score (nSPS) is 19.8. The summed E-state index contributed by atoms with van der Waals surface area (Å²) in [6.07, 6.45) is 3.66. The molecule has 1 heterocycles. The van der Waals surface area contributed by atoms with E-state index in [4.69, 9.17) is 0 Å². The van der Waals surface area contributed by atoms with Gasteiger partial charge in [0.2, 0.25) is 5.91 Å².